The van der Waals surface area contributed by atoms with Crippen LogP contribution in [0.15, 0.2) is 0 Å². The SMILES string of the molecule is COCC1CCN([C@@H]2CCCC[C@H]2O)CC1. The van der Waals surface area contributed by atoms with Gasteiger partial charge in [-0.2, -0.15) is 0 Å². The largest absolute Gasteiger partial charge is 0.391 e. The highest BCUT2D eigenvalue weighted by Gasteiger charge is 2.31. The summed E-state index contributed by atoms with van der Waals surface area (Å²) in [5.41, 5.74) is 0. The third-order valence-electron chi connectivity index (χ3n) is 4.21. The zero-order valence-corrected chi connectivity index (χ0v) is 10.4. The van der Waals surface area contributed by atoms with Crippen molar-refractivity contribution >= 4 is 0 Å². The molecule has 2 fully saturated rings. The zero-order valence-electron chi connectivity index (χ0n) is 10.4. The van der Waals surface area contributed by atoms with Crippen molar-refractivity contribution < 1.29 is 9.84 Å². The van der Waals surface area contributed by atoms with Crippen LogP contribution in [0.5, 0.6) is 0 Å². The smallest absolute Gasteiger partial charge is 0.0695 e. The number of rotatable bonds is 3. The Morgan fingerprint density at radius 3 is 2.44 bits per heavy atom. The summed E-state index contributed by atoms with van der Waals surface area (Å²) in [7, 11) is 1.79. The first kappa shape index (κ1) is 12.3. The van der Waals surface area contributed by atoms with Crippen molar-refractivity contribution in [2.24, 2.45) is 5.92 Å². The summed E-state index contributed by atoms with van der Waals surface area (Å²) in [6, 6.07) is 0.442. The number of methoxy groups -OCH3 is 1. The molecule has 0 bridgehead atoms. The summed E-state index contributed by atoms with van der Waals surface area (Å²) in [5, 5.41) is 10.0. The molecule has 1 aliphatic carbocycles. The summed E-state index contributed by atoms with van der Waals surface area (Å²) in [4.78, 5) is 2.51. The van der Waals surface area contributed by atoms with Crippen LogP contribution in [0.2, 0.25) is 0 Å². The molecule has 1 saturated carbocycles. The van der Waals surface area contributed by atoms with Crippen molar-refractivity contribution in [1.29, 1.82) is 0 Å². The van der Waals surface area contributed by atoms with E-state index >= 15 is 0 Å². The van der Waals surface area contributed by atoms with E-state index in [0.717, 1.165) is 32.0 Å². The van der Waals surface area contributed by atoms with Gasteiger partial charge in [0, 0.05) is 19.8 Å². The number of likely N-dealkylation sites (tertiary alicyclic amines) is 1. The van der Waals surface area contributed by atoms with E-state index in [1.165, 1.54) is 32.1 Å². The van der Waals surface area contributed by atoms with E-state index in [4.69, 9.17) is 4.74 Å². The maximum Gasteiger partial charge on any atom is 0.0695 e. The van der Waals surface area contributed by atoms with E-state index in [1.807, 2.05) is 0 Å². The van der Waals surface area contributed by atoms with E-state index in [9.17, 15) is 5.11 Å². The minimum atomic E-state index is -0.0762. The quantitative estimate of drug-likeness (QED) is 0.795. The molecule has 0 aromatic heterocycles. The van der Waals surface area contributed by atoms with Crippen molar-refractivity contribution in [1.82, 2.24) is 4.90 Å². The van der Waals surface area contributed by atoms with Gasteiger partial charge in [-0.3, -0.25) is 4.90 Å². The van der Waals surface area contributed by atoms with Gasteiger partial charge in [-0.1, -0.05) is 12.8 Å². The highest BCUT2D eigenvalue weighted by molar-refractivity contribution is 4.85. The number of nitrogens with zero attached hydrogens (tertiary/aromatic N) is 1. The van der Waals surface area contributed by atoms with Gasteiger partial charge in [-0.05, 0) is 44.7 Å². The van der Waals surface area contributed by atoms with Crippen LogP contribution in [-0.4, -0.2) is 49.0 Å². The van der Waals surface area contributed by atoms with Crippen LogP contribution in [0.25, 0.3) is 0 Å². The van der Waals surface area contributed by atoms with Gasteiger partial charge in [-0.25, -0.2) is 0 Å². The zero-order chi connectivity index (χ0) is 11.4. The number of ether oxygens (including phenoxy) is 1. The van der Waals surface area contributed by atoms with Crippen LogP contribution < -0.4 is 0 Å². The van der Waals surface area contributed by atoms with Gasteiger partial charge in [0.1, 0.15) is 0 Å². The summed E-state index contributed by atoms with van der Waals surface area (Å²) < 4.78 is 5.22. The number of aliphatic hydroxyl groups excluding tert-OH is 1. The molecule has 2 atom stereocenters. The Bertz CT molecular complexity index is 202. The molecule has 0 amide bonds. The van der Waals surface area contributed by atoms with Crippen molar-refractivity contribution in [3.05, 3.63) is 0 Å². The Kier molecular flexibility index (Phi) is 4.62. The van der Waals surface area contributed by atoms with E-state index < -0.39 is 0 Å². The fourth-order valence-corrected chi connectivity index (χ4v) is 3.20. The first-order chi connectivity index (χ1) is 7.81. The molecule has 3 nitrogen and oxygen atoms in total. The lowest BCUT2D eigenvalue weighted by Gasteiger charge is -2.41. The highest BCUT2D eigenvalue weighted by Crippen LogP contribution is 2.27. The van der Waals surface area contributed by atoms with Crippen molar-refractivity contribution in [3.63, 3.8) is 0 Å². The van der Waals surface area contributed by atoms with Gasteiger partial charge < -0.3 is 9.84 Å². The molecule has 94 valence electrons. The maximum atomic E-state index is 10.0. The van der Waals surface area contributed by atoms with Gasteiger partial charge in [0.05, 0.1) is 6.10 Å². The second kappa shape index (κ2) is 5.99. The minimum Gasteiger partial charge on any atom is -0.391 e. The molecular weight excluding hydrogens is 202 g/mol. The first-order valence-corrected chi connectivity index (χ1v) is 6.72. The first-order valence-electron chi connectivity index (χ1n) is 6.72. The molecule has 16 heavy (non-hydrogen) atoms. The van der Waals surface area contributed by atoms with Gasteiger partial charge in [0.15, 0.2) is 0 Å². The molecule has 0 aromatic carbocycles. The third kappa shape index (κ3) is 2.96. The Hall–Kier alpha value is -0.120. The topological polar surface area (TPSA) is 32.7 Å². The Morgan fingerprint density at radius 2 is 1.81 bits per heavy atom. The summed E-state index contributed by atoms with van der Waals surface area (Å²) in [6.07, 6.45) is 7.08. The van der Waals surface area contributed by atoms with Crippen LogP contribution in [0.1, 0.15) is 38.5 Å². The van der Waals surface area contributed by atoms with Gasteiger partial charge in [0.2, 0.25) is 0 Å². The molecule has 0 unspecified atom stereocenters. The van der Waals surface area contributed by atoms with E-state index in [0.29, 0.717) is 6.04 Å². The lowest BCUT2D eigenvalue weighted by molar-refractivity contribution is -0.00313. The second-order valence-corrected chi connectivity index (χ2v) is 5.35. The maximum absolute atomic E-state index is 10.0. The van der Waals surface area contributed by atoms with Crippen molar-refractivity contribution in [2.75, 3.05) is 26.8 Å². The number of piperidine rings is 1. The second-order valence-electron chi connectivity index (χ2n) is 5.35. The normalized spacial score (nSPS) is 34.1. The van der Waals surface area contributed by atoms with Gasteiger partial charge in [0.25, 0.3) is 0 Å². The molecule has 0 radical (unpaired) electrons. The minimum absolute atomic E-state index is 0.0762. The Balaban J connectivity index is 1.79. The molecule has 2 aliphatic rings. The lowest BCUT2D eigenvalue weighted by atomic mass is 9.88. The number of hydrogen-bond acceptors (Lipinski definition) is 3. The molecule has 0 aromatic rings. The van der Waals surface area contributed by atoms with Crippen molar-refractivity contribution in [2.45, 2.75) is 50.7 Å². The number of aliphatic hydroxyl groups is 1. The fourth-order valence-electron chi connectivity index (χ4n) is 3.20. The number of hydrogen-bond donors (Lipinski definition) is 1. The van der Waals surface area contributed by atoms with E-state index in [2.05, 4.69) is 4.90 Å². The molecule has 1 saturated heterocycles. The fraction of sp³-hybridized carbons (Fsp3) is 1.00. The molecule has 0 spiro atoms. The Labute approximate surface area is 98.8 Å². The summed E-state index contributed by atoms with van der Waals surface area (Å²) in [5.74, 6) is 0.738. The van der Waals surface area contributed by atoms with Crippen LogP contribution in [0.3, 0.4) is 0 Å². The third-order valence-corrected chi connectivity index (χ3v) is 4.21. The summed E-state index contributed by atoms with van der Waals surface area (Å²) in [6.45, 7) is 3.20. The van der Waals surface area contributed by atoms with E-state index in [1.54, 1.807) is 7.11 Å². The predicted octanol–water partition coefficient (Wildman–Crippen LogP) is 1.65. The van der Waals surface area contributed by atoms with Crippen LogP contribution in [-0.2, 0) is 4.74 Å². The summed E-state index contributed by atoms with van der Waals surface area (Å²) >= 11 is 0. The highest BCUT2D eigenvalue weighted by atomic mass is 16.5. The molecular formula is C13H25NO2. The predicted molar refractivity (Wildman–Crippen MR) is 64.4 cm³/mol. The Morgan fingerprint density at radius 1 is 1.12 bits per heavy atom. The van der Waals surface area contributed by atoms with Gasteiger partial charge in [-0.15, -0.1) is 0 Å². The van der Waals surface area contributed by atoms with E-state index in [-0.39, 0.29) is 6.10 Å². The molecule has 2 rings (SSSR count). The average molecular weight is 227 g/mol. The van der Waals surface area contributed by atoms with Crippen LogP contribution >= 0.6 is 0 Å². The monoisotopic (exact) mass is 227 g/mol. The molecule has 1 aliphatic heterocycles. The lowest BCUT2D eigenvalue weighted by Crippen LogP contribution is -2.49. The molecule has 3 heteroatoms. The standard InChI is InChI=1S/C13H25NO2/c1-16-10-11-6-8-14(9-7-11)12-4-2-3-5-13(12)15/h11-13,15H,2-10H2,1H3/t12-,13-/m1/s1. The average Bonchev–Trinajstić information content (AvgIpc) is 2.31. The molecule has 1 N–H and O–H groups in total. The van der Waals surface area contributed by atoms with Crippen molar-refractivity contribution in [3.8, 4) is 0 Å². The molecule has 1 heterocycles. The van der Waals surface area contributed by atoms with Crippen LogP contribution in [0, 0.1) is 5.92 Å². The van der Waals surface area contributed by atoms with Crippen LogP contribution in [0.4, 0.5) is 0 Å². The van der Waals surface area contributed by atoms with Gasteiger partial charge >= 0.3 is 0 Å².